The Morgan fingerprint density at radius 2 is 1.47 bits per heavy atom. The van der Waals surface area contributed by atoms with Gasteiger partial charge < -0.3 is 0 Å². The van der Waals surface area contributed by atoms with Gasteiger partial charge in [-0.25, -0.2) is 8.78 Å². The number of rotatable bonds is 9. The van der Waals surface area contributed by atoms with Crippen LogP contribution in [0, 0.1) is 18.6 Å². The number of halogens is 2. The zero-order valence-corrected chi connectivity index (χ0v) is 19.8. The second kappa shape index (κ2) is 10.7. The van der Waals surface area contributed by atoms with Gasteiger partial charge in [-0.15, -0.1) is 0 Å². The topological polar surface area (TPSA) is 17.1 Å². The third-order valence-corrected chi connectivity index (χ3v) is 6.55. The molecular formula is C31H30F2O. The molecule has 174 valence electrons. The Kier molecular flexibility index (Phi) is 7.52. The van der Waals surface area contributed by atoms with Crippen molar-refractivity contribution < 1.29 is 13.6 Å². The molecule has 0 aliphatic carbocycles. The van der Waals surface area contributed by atoms with Gasteiger partial charge >= 0.3 is 0 Å². The highest BCUT2D eigenvalue weighted by Crippen LogP contribution is 2.35. The monoisotopic (exact) mass is 456 g/mol. The number of aldehydes is 1. The summed E-state index contributed by atoms with van der Waals surface area (Å²) in [5.41, 5.74) is 4.03. The van der Waals surface area contributed by atoms with Crippen molar-refractivity contribution in [3.05, 3.63) is 95.1 Å². The highest BCUT2D eigenvalue weighted by Gasteiger charge is 2.17. The molecule has 4 aromatic carbocycles. The van der Waals surface area contributed by atoms with Gasteiger partial charge in [0.1, 0.15) is 11.6 Å². The van der Waals surface area contributed by atoms with Crippen molar-refractivity contribution in [1.82, 2.24) is 0 Å². The van der Waals surface area contributed by atoms with Crippen molar-refractivity contribution in [3.8, 4) is 22.3 Å². The Hall–Kier alpha value is -3.33. The lowest BCUT2D eigenvalue weighted by Gasteiger charge is -2.14. The fourth-order valence-corrected chi connectivity index (χ4v) is 4.69. The van der Waals surface area contributed by atoms with Crippen LogP contribution >= 0.6 is 0 Å². The molecule has 0 unspecified atom stereocenters. The molecule has 3 heteroatoms. The molecule has 0 amide bonds. The van der Waals surface area contributed by atoms with E-state index >= 15 is 8.78 Å². The minimum Gasteiger partial charge on any atom is -0.298 e. The first-order chi connectivity index (χ1) is 16.5. The van der Waals surface area contributed by atoms with Gasteiger partial charge in [-0.05, 0) is 64.9 Å². The van der Waals surface area contributed by atoms with Crippen LogP contribution in [0.1, 0.15) is 60.5 Å². The lowest BCUT2D eigenvalue weighted by Crippen LogP contribution is -1.97. The summed E-state index contributed by atoms with van der Waals surface area (Å²) < 4.78 is 30.2. The Labute approximate surface area is 200 Å². The first kappa shape index (κ1) is 23.8. The van der Waals surface area contributed by atoms with Crippen molar-refractivity contribution >= 4 is 17.1 Å². The van der Waals surface area contributed by atoms with Gasteiger partial charge in [-0.3, -0.25) is 4.79 Å². The summed E-state index contributed by atoms with van der Waals surface area (Å²) in [6, 6.07) is 19.5. The van der Waals surface area contributed by atoms with Crippen LogP contribution in [-0.4, -0.2) is 6.29 Å². The fourth-order valence-electron chi connectivity index (χ4n) is 4.69. The van der Waals surface area contributed by atoms with Gasteiger partial charge in [-0.1, -0.05) is 92.8 Å². The van der Waals surface area contributed by atoms with Crippen molar-refractivity contribution in [2.45, 2.75) is 52.4 Å². The highest BCUT2D eigenvalue weighted by atomic mass is 19.1. The van der Waals surface area contributed by atoms with E-state index in [-0.39, 0.29) is 5.56 Å². The summed E-state index contributed by atoms with van der Waals surface area (Å²) in [5, 5.41) is 1.85. The maximum atomic E-state index is 15.1. The molecule has 0 fully saturated rings. The minimum atomic E-state index is -0.642. The zero-order valence-electron chi connectivity index (χ0n) is 19.8. The van der Waals surface area contributed by atoms with E-state index in [1.54, 1.807) is 12.1 Å². The van der Waals surface area contributed by atoms with E-state index < -0.39 is 11.6 Å². The van der Waals surface area contributed by atoms with Gasteiger partial charge in [-0.2, -0.15) is 0 Å². The molecule has 0 heterocycles. The molecule has 0 aromatic heterocycles. The normalized spacial score (nSPS) is 11.2. The van der Waals surface area contributed by atoms with Crippen LogP contribution in [0.4, 0.5) is 8.78 Å². The number of hydrogen-bond donors (Lipinski definition) is 0. The summed E-state index contributed by atoms with van der Waals surface area (Å²) in [6.07, 6.45) is 7.75. The standard InChI is InChI=1S/C31H30F2O/c1-3-4-5-6-7-9-22-10-8-11-27-25(22)16-17-26(28(27)20-34)24-18-29(32)31(30(33)19-24)23-14-12-21(2)13-15-23/h8,10-20H,3-7,9H2,1-2H3. The Balaban J connectivity index is 1.72. The van der Waals surface area contributed by atoms with E-state index in [2.05, 4.69) is 13.0 Å². The van der Waals surface area contributed by atoms with E-state index in [1.807, 2.05) is 43.3 Å². The van der Waals surface area contributed by atoms with E-state index in [0.29, 0.717) is 22.3 Å². The summed E-state index contributed by atoms with van der Waals surface area (Å²) in [7, 11) is 0. The molecule has 0 atom stereocenters. The molecule has 4 aromatic rings. The first-order valence-electron chi connectivity index (χ1n) is 12.1. The molecule has 4 rings (SSSR count). The van der Waals surface area contributed by atoms with Crippen molar-refractivity contribution in [1.29, 1.82) is 0 Å². The Bertz CT molecular complexity index is 1280. The average Bonchev–Trinajstić information content (AvgIpc) is 2.84. The average molecular weight is 457 g/mol. The molecule has 0 bridgehead atoms. The molecular weight excluding hydrogens is 426 g/mol. The zero-order chi connectivity index (χ0) is 24.1. The van der Waals surface area contributed by atoms with Gasteiger partial charge in [0, 0.05) is 5.56 Å². The van der Waals surface area contributed by atoms with Crippen LogP contribution in [-0.2, 0) is 6.42 Å². The van der Waals surface area contributed by atoms with Crippen molar-refractivity contribution in [2.75, 3.05) is 0 Å². The van der Waals surface area contributed by atoms with Gasteiger partial charge in [0.05, 0.1) is 5.56 Å². The molecule has 0 aliphatic rings. The second-order valence-corrected chi connectivity index (χ2v) is 9.00. The number of hydrogen-bond acceptors (Lipinski definition) is 1. The summed E-state index contributed by atoms with van der Waals surface area (Å²) in [5.74, 6) is -1.28. The minimum absolute atomic E-state index is 0.0532. The first-order valence-corrected chi connectivity index (χ1v) is 12.1. The molecule has 0 saturated carbocycles. The lowest BCUT2D eigenvalue weighted by molar-refractivity contribution is 0.112. The molecule has 0 saturated heterocycles. The SMILES string of the molecule is CCCCCCCc1cccc2c(C=O)c(-c3cc(F)c(-c4ccc(C)cc4)c(F)c3)ccc12. The van der Waals surface area contributed by atoms with Crippen LogP contribution in [0.3, 0.4) is 0 Å². The van der Waals surface area contributed by atoms with Gasteiger partial charge in [0.2, 0.25) is 0 Å². The molecule has 0 N–H and O–H groups in total. The van der Waals surface area contributed by atoms with Crippen LogP contribution in [0.5, 0.6) is 0 Å². The van der Waals surface area contributed by atoms with E-state index in [9.17, 15) is 4.79 Å². The van der Waals surface area contributed by atoms with E-state index in [0.717, 1.165) is 35.5 Å². The predicted octanol–water partition coefficient (Wildman–Crippen LogP) is 9.09. The van der Waals surface area contributed by atoms with E-state index in [1.165, 1.54) is 43.4 Å². The van der Waals surface area contributed by atoms with Crippen LogP contribution in [0.15, 0.2) is 66.7 Å². The quantitative estimate of drug-likeness (QED) is 0.181. The second-order valence-electron chi connectivity index (χ2n) is 9.00. The largest absolute Gasteiger partial charge is 0.298 e. The number of benzene rings is 4. The Morgan fingerprint density at radius 1 is 0.765 bits per heavy atom. The molecule has 0 radical (unpaired) electrons. The highest BCUT2D eigenvalue weighted by molar-refractivity contribution is 6.05. The third kappa shape index (κ3) is 4.94. The maximum Gasteiger partial charge on any atom is 0.151 e. The number of carbonyl (C=O) groups is 1. The predicted molar refractivity (Wildman–Crippen MR) is 137 cm³/mol. The lowest BCUT2D eigenvalue weighted by atomic mass is 9.90. The number of unbranched alkanes of at least 4 members (excludes halogenated alkanes) is 4. The van der Waals surface area contributed by atoms with Gasteiger partial charge in [0.25, 0.3) is 0 Å². The fraction of sp³-hybridized carbons (Fsp3) is 0.258. The van der Waals surface area contributed by atoms with Crippen LogP contribution in [0.25, 0.3) is 33.0 Å². The molecule has 1 nitrogen and oxygen atoms in total. The molecule has 0 spiro atoms. The smallest absolute Gasteiger partial charge is 0.151 e. The van der Waals surface area contributed by atoms with Crippen molar-refractivity contribution in [2.24, 2.45) is 0 Å². The summed E-state index contributed by atoms with van der Waals surface area (Å²) in [4.78, 5) is 12.2. The summed E-state index contributed by atoms with van der Waals surface area (Å²) >= 11 is 0. The third-order valence-electron chi connectivity index (χ3n) is 6.55. The van der Waals surface area contributed by atoms with E-state index in [4.69, 9.17) is 0 Å². The van der Waals surface area contributed by atoms with Crippen LogP contribution < -0.4 is 0 Å². The number of fused-ring (bicyclic) bond motifs is 1. The number of aryl methyl sites for hydroxylation is 2. The van der Waals surface area contributed by atoms with Crippen molar-refractivity contribution in [3.63, 3.8) is 0 Å². The summed E-state index contributed by atoms with van der Waals surface area (Å²) in [6.45, 7) is 4.13. The molecule has 34 heavy (non-hydrogen) atoms. The maximum absolute atomic E-state index is 15.1. The molecule has 0 aliphatic heterocycles. The van der Waals surface area contributed by atoms with Gasteiger partial charge in [0.15, 0.2) is 6.29 Å². The number of carbonyl (C=O) groups excluding carboxylic acids is 1. The van der Waals surface area contributed by atoms with Crippen LogP contribution in [0.2, 0.25) is 0 Å². The Morgan fingerprint density at radius 3 is 2.15 bits per heavy atom.